The summed E-state index contributed by atoms with van der Waals surface area (Å²) in [5.41, 5.74) is -0.713. The van der Waals surface area contributed by atoms with E-state index in [4.69, 9.17) is 13.9 Å². The highest BCUT2D eigenvalue weighted by atomic mass is 16.5. The second kappa shape index (κ2) is 7.77. The van der Waals surface area contributed by atoms with Crippen LogP contribution in [-0.4, -0.2) is 30.6 Å². The van der Waals surface area contributed by atoms with Gasteiger partial charge in [0.25, 0.3) is 0 Å². The molecule has 0 amide bonds. The minimum atomic E-state index is -0.561. The molecule has 1 rings (SSSR count). The molecule has 1 aromatic heterocycles. The van der Waals surface area contributed by atoms with Crippen molar-refractivity contribution in [3.63, 3.8) is 0 Å². The molecule has 5 heteroatoms. The number of ether oxygens (including phenoxy) is 2. The van der Waals surface area contributed by atoms with E-state index in [0.29, 0.717) is 19.4 Å². The normalized spacial score (nSPS) is 12.3. The van der Waals surface area contributed by atoms with Crippen LogP contribution < -0.4 is 0 Å². The molecule has 0 unspecified atom stereocenters. The number of carbonyl (C=O) groups excluding carboxylic acids is 2. The topological polar surface area (TPSA) is 65.7 Å². The predicted molar refractivity (Wildman–Crippen MR) is 87.7 cm³/mol. The molecule has 0 aliphatic rings. The van der Waals surface area contributed by atoms with Gasteiger partial charge in [0.15, 0.2) is 5.76 Å². The Morgan fingerprint density at radius 1 is 1.04 bits per heavy atom. The number of Topliss-reactive ketones (excluding diaryl/α,β-unsaturated/α-hetero) is 1. The Kier molecular flexibility index (Phi) is 6.57. The summed E-state index contributed by atoms with van der Waals surface area (Å²) in [4.78, 5) is 24.2. The zero-order valence-electron chi connectivity index (χ0n) is 15.0. The third kappa shape index (κ3) is 6.18. The number of hydrogen-bond acceptors (Lipinski definition) is 5. The molecule has 0 aromatic carbocycles. The molecular weight excluding hydrogens is 296 g/mol. The van der Waals surface area contributed by atoms with Gasteiger partial charge >= 0.3 is 5.97 Å². The van der Waals surface area contributed by atoms with Crippen LogP contribution in [0, 0.1) is 5.41 Å². The van der Waals surface area contributed by atoms with Gasteiger partial charge in [0.1, 0.15) is 0 Å². The molecule has 1 heterocycles. The summed E-state index contributed by atoms with van der Waals surface area (Å²) >= 11 is 0. The van der Waals surface area contributed by atoms with Crippen molar-refractivity contribution in [1.82, 2.24) is 0 Å². The first-order valence-electron chi connectivity index (χ1n) is 8.02. The van der Waals surface area contributed by atoms with E-state index in [1.54, 1.807) is 0 Å². The average Bonchev–Trinajstić information content (AvgIpc) is 2.94. The molecular formula is C18H28O5. The maximum atomic E-state index is 12.3. The minimum Gasteiger partial charge on any atom is -0.460 e. The lowest BCUT2D eigenvalue weighted by atomic mass is 9.84. The monoisotopic (exact) mass is 324 g/mol. The van der Waals surface area contributed by atoms with E-state index < -0.39 is 11.4 Å². The van der Waals surface area contributed by atoms with Crippen molar-refractivity contribution in [2.75, 3.05) is 13.2 Å². The van der Waals surface area contributed by atoms with Gasteiger partial charge in [0, 0.05) is 11.8 Å². The van der Waals surface area contributed by atoms with Gasteiger partial charge in [0.2, 0.25) is 11.5 Å². The maximum Gasteiger partial charge on any atom is 0.374 e. The number of hydrogen-bond donors (Lipinski definition) is 0. The molecule has 0 saturated heterocycles. The zero-order chi connectivity index (χ0) is 17.7. The highest BCUT2D eigenvalue weighted by Gasteiger charge is 2.29. The Morgan fingerprint density at radius 2 is 1.65 bits per heavy atom. The summed E-state index contributed by atoms with van der Waals surface area (Å²) in [5.74, 6) is -0.427. The molecule has 1 aromatic rings. The predicted octanol–water partition coefficient (Wildman–Crippen LogP) is 4.26. The van der Waals surface area contributed by atoms with Crippen LogP contribution in [0.2, 0.25) is 0 Å². The molecule has 0 radical (unpaired) electrons. The second-order valence-electron chi connectivity index (χ2n) is 7.18. The third-order valence-electron chi connectivity index (χ3n) is 3.59. The van der Waals surface area contributed by atoms with Crippen molar-refractivity contribution < 1.29 is 23.5 Å². The molecule has 130 valence electrons. The van der Waals surface area contributed by atoms with Gasteiger partial charge in [0.05, 0.1) is 18.8 Å². The van der Waals surface area contributed by atoms with Crippen molar-refractivity contribution in [2.45, 2.75) is 60.0 Å². The van der Waals surface area contributed by atoms with Crippen LogP contribution in [-0.2, 0) is 9.47 Å². The number of furan rings is 1. The van der Waals surface area contributed by atoms with Gasteiger partial charge in [-0.05, 0) is 39.3 Å². The largest absolute Gasteiger partial charge is 0.460 e. The van der Waals surface area contributed by atoms with Gasteiger partial charge in [-0.2, -0.15) is 0 Å². The summed E-state index contributed by atoms with van der Waals surface area (Å²) in [6, 6.07) is 3.01. The van der Waals surface area contributed by atoms with E-state index in [1.165, 1.54) is 12.1 Å². The molecule has 0 saturated carbocycles. The van der Waals surface area contributed by atoms with Crippen LogP contribution in [0.1, 0.15) is 75.5 Å². The number of rotatable bonds is 8. The molecule has 0 spiro atoms. The van der Waals surface area contributed by atoms with E-state index in [-0.39, 0.29) is 29.5 Å². The van der Waals surface area contributed by atoms with Crippen molar-refractivity contribution in [2.24, 2.45) is 5.41 Å². The number of esters is 1. The van der Waals surface area contributed by atoms with Gasteiger partial charge < -0.3 is 13.9 Å². The van der Waals surface area contributed by atoms with Crippen molar-refractivity contribution in [3.8, 4) is 0 Å². The van der Waals surface area contributed by atoms with Crippen molar-refractivity contribution in [3.05, 3.63) is 23.7 Å². The van der Waals surface area contributed by atoms with Crippen LogP contribution in [0.5, 0.6) is 0 Å². The van der Waals surface area contributed by atoms with Crippen LogP contribution in [0.3, 0.4) is 0 Å². The van der Waals surface area contributed by atoms with Crippen LogP contribution in [0.25, 0.3) is 0 Å². The molecule has 0 N–H and O–H groups in total. The highest BCUT2D eigenvalue weighted by molar-refractivity contribution is 5.98. The van der Waals surface area contributed by atoms with Gasteiger partial charge in [-0.25, -0.2) is 4.79 Å². The fourth-order valence-corrected chi connectivity index (χ4v) is 1.74. The molecule has 0 aliphatic carbocycles. The SMILES string of the molecule is CCC(C)(C)C(=O)c1ccc(C(=O)OCCCOC(C)(C)C)o1. The Bertz CT molecular complexity index is 534. The van der Waals surface area contributed by atoms with Crippen molar-refractivity contribution in [1.29, 1.82) is 0 Å². The van der Waals surface area contributed by atoms with Crippen LogP contribution in [0.15, 0.2) is 16.5 Å². The average molecular weight is 324 g/mol. The van der Waals surface area contributed by atoms with Crippen LogP contribution in [0.4, 0.5) is 0 Å². The van der Waals surface area contributed by atoms with E-state index in [2.05, 4.69) is 0 Å². The lowest BCUT2D eigenvalue weighted by Crippen LogP contribution is -2.22. The first-order valence-corrected chi connectivity index (χ1v) is 8.02. The lowest BCUT2D eigenvalue weighted by molar-refractivity contribution is -0.0120. The third-order valence-corrected chi connectivity index (χ3v) is 3.59. The Morgan fingerprint density at radius 3 is 2.22 bits per heavy atom. The van der Waals surface area contributed by atoms with Gasteiger partial charge in [-0.1, -0.05) is 20.8 Å². The van der Waals surface area contributed by atoms with Gasteiger partial charge in [-0.3, -0.25) is 4.79 Å². The molecule has 23 heavy (non-hydrogen) atoms. The standard InChI is InChI=1S/C18H28O5/c1-7-18(5,6)15(19)13-9-10-14(23-13)16(20)21-11-8-12-22-17(2,3)4/h9-10H,7-8,11-12H2,1-6H3. The number of ketones is 1. The summed E-state index contributed by atoms with van der Waals surface area (Å²) in [7, 11) is 0. The fourth-order valence-electron chi connectivity index (χ4n) is 1.74. The second-order valence-corrected chi connectivity index (χ2v) is 7.18. The Balaban J connectivity index is 2.48. The summed E-state index contributed by atoms with van der Waals surface area (Å²) < 4.78 is 16.0. The van der Waals surface area contributed by atoms with E-state index in [1.807, 2.05) is 41.5 Å². The first kappa shape index (κ1) is 19.4. The molecule has 0 aliphatic heterocycles. The summed E-state index contributed by atoms with van der Waals surface area (Å²) in [5, 5.41) is 0. The smallest absolute Gasteiger partial charge is 0.374 e. The molecule has 0 bridgehead atoms. The van der Waals surface area contributed by atoms with Crippen LogP contribution >= 0.6 is 0 Å². The fraction of sp³-hybridized carbons (Fsp3) is 0.667. The van der Waals surface area contributed by atoms with E-state index in [0.717, 1.165) is 0 Å². The van der Waals surface area contributed by atoms with Crippen molar-refractivity contribution >= 4 is 11.8 Å². The van der Waals surface area contributed by atoms with E-state index in [9.17, 15) is 9.59 Å². The number of carbonyl (C=O) groups is 2. The lowest BCUT2D eigenvalue weighted by Gasteiger charge is -2.19. The Labute approximate surface area is 138 Å². The maximum absolute atomic E-state index is 12.3. The quantitative estimate of drug-likeness (QED) is 0.406. The summed E-state index contributed by atoms with van der Waals surface area (Å²) in [6.45, 7) is 12.3. The zero-order valence-corrected chi connectivity index (χ0v) is 15.0. The summed E-state index contributed by atoms with van der Waals surface area (Å²) in [6.07, 6.45) is 1.30. The highest BCUT2D eigenvalue weighted by Crippen LogP contribution is 2.26. The minimum absolute atomic E-state index is 0.0528. The first-order chi connectivity index (χ1) is 10.6. The molecule has 0 fully saturated rings. The van der Waals surface area contributed by atoms with E-state index >= 15 is 0 Å². The Hall–Kier alpha value is -1.62. The molecule has 5 nitrogen and oxygen atoms in total. The molecule has 0 atom stereocenters. The van der Waals surface area contributed by atoms with Gasteiger partial charge in [-0.15, -0.1) is 0 Å².